The third kappa shape index (κ3) is 16.4. The van der Waals surface area contributed by atoms with Crippen molar-refractivity contribution in [2.45, 2.75) is 105 Å². The molecule has 0 amide bonds. The summed E-state index contributed by atoms with van der Waals surface area (Å²) in [6.45, 7) is 9.92. The molecule has 0 aliphatic carbocycles. The first-order valence-electron chi connectivity index (χ1n) is 13.7. The fraction of sp³-hybridized carbons (Fsp3) is 0.821. The number of quaternary nitrogens is 1. The van der Waals surface area contributed by atoms with E-state index < -0.39 is 35.7 Å². The van der Waals surface area contributed by atoms with Crippen molar-refractivity contribution in [2.24, 2.45) is 17.8 Å². The van der Waals surface area contributed by atoms with E-state index in [-0.39, 0.29) is 0 Å². The predicted molar refractivity (Wildman–Crippen MR) is 140 cm³/mol. The summed E-state index contributed by atoms with van der Waals surface area (Å²) in [6, 6.07) is 0. The van der Waals surface area contributed by atoms with Gasteiger partial charge in [-0.1, -0.05) is 65.0 Å². The van der Waals surface area contributed by atoms with E-state index in [9.17, 15) is 29.7 Å². The number of unbranched alkanes of at least 4 members (excludes halogenated alkanes) is 8. The Morgan fingerprint density at radius 2 is 0.943 bits per heavy atom. The fourth-order valence-corrected chi connectivity index (χ4v) is 4.38. The van der Waals surface area contributed by atoms with Crippen molar-refractivity contribution in [1.29, 1.82) is 0 Å². The first-order chi connectivity index (χ1) is 16.5. The molecule has 0 saturated carbocycles. The lowest BCUT2D eigenvalue weighted by Gasteiger charge is -2.40. The van der Waals surface area contributed by atoms with E-state index >= 15 is 0 Å². The topological polar surface area (TPSA) is 112 Å². The maximum Gasteiger partial charge on any atom is 0.306 e. The number of carboxylic acid groups (broad SMARTS) is 3. The molecular weight excluding hydrogens is 446 g/mol. The van der Waals surface area contributed by atoms with E-state index in [2.05, 4.69) is 19.1 Å². The standard InChI is InChI=1S/C28H51NO6/c1-5-6-7-8-9-10-11-12-13-14-15-19-29(20-16-23(2)26(30)31,21-17-24(3)27(32)33)22-18-25(4)28(34)35/h5-6,23-25H,7-22H2,1-4H3,(H2-,30,31,32,33,34,35)/p+1/b6-5+. The second-order valence-electron chi connectivity index (χ2n) is 10.5. The van der Waals surface area contributed by atoms with Crippen molar-refractivity contribution in [3.05, 3.63) is 12.2 Å². The summed E-state index contributed by atoms with van der Waals surface area (Å²) in [6.07, 6.45) is 16.5. The maximum absolute atomic E-state index is 11.4. The van der Waals surface area contributed by atoms with Gasteiger partial charge in [0.1, 0.15) is 0 Å². The summed E-state index contributed by atoms with van der Waals surface area (Å²) in [5.41, 5.74) is 0. The minimum Gasteiger partial charge on any atom is -0.481 e. The highest BCUT2D eigenvalue weighted by Gasteiger charge is 2.31. The van der Waals surface area contributed by atoms with Crippen LogP contribution in [0.25, 0.3) is 0 Å². The van der Waals surface area contributed by atoms with Crippen LogP contribution in [0.5, 0.6) is 0 Å². The highest BCUT2D eigenvalue weighted by atomic mass is 16.4. The largest absolute Gasteiger partial charge is 0.481 e. The molecule has 0 aliphatic rings. The Morgan fingerprint density at radius 3 is 1.29 bits per heavy atom. The van der Waals surface area contributed by atoms with Crippen molar-refractivity contribution >= 4 is 17.9 Å². The Hall–Kier alpha value is -1.89. The second kappa shape index (κ2) is 19.3. The third-order valence-corrected chi connectivity index (χ3v) is 7.36. The van der Waals surface area contributed by atoms with Crippen molar-refractivity contribution < 1.29 is 34.2 Å². The molecule has 0 bridgehead atoms. The number of carbonyl (C=O) groups is 3. The molecular formula is C28H52NO6+. The number of allylic oxidation sites excluding steroid dienone is 2. The number of nitrogens with zero attached hydrogens (tertiary/aromatic N) is 1. The van der Waals surface area contributed by atoms with Gasteiger partial charge in [0.05, 0.1) is 43.9 Å². The molecule has 204 valence electrons. The minimum absolute atomic E-state index is 0.478. The van der Waals surface area contributed by atoms with Crippen LogP contribution in [0.2, 0.25) is 0 Å². The monoisotopic (exact) mass is 498 g/mol. The molecule has 0 saturated heterocycles. The lowest BCUT2D eigenvalue weighted by Crippen LogP contribution is -2.52. The maximum atomic E-state index is 11.4. The Labute approximate surface area is 213 Å². The molecule has 3 atom stereocenters. The molecule has 0 radical (unpaired) electrons. The number of carboxylic acids is 3. The highest BCUT2D eigenvalue weighted by Crippen LogP contribution is 2.22. The van der Waals surface area contributed by atoms with Gasteiger partial charge in [0.2, 0.25) is 0 Å². The van der Waals surface area contributed by atoms with Crippen molar-refractivity contribution in [2.75, 3.05) is 26.2 Å². The normalized spacial score (nSPS) is 16.0. The number of aliphatic carboxylic acids is 3. The quantitative estimate of drug-likeness (QED) is 0.0875. The van der Waals surface area contributed by atoms with Crippen LogP contribution in [0.4, 0.5) is 0 Å². The average molecular weight is 499 g/mol. The third-order valence-electron chi connectivity index (χ3n) is 7.36. The molecule has 3 unspecified atom stereocenters. The van der Waals surface area contributed by atoms with Crippen LogP contribution < -0.4 is 0 Å². The van der Waals surface area contributed by atoms with Crippen molar-refractivity contribution in [3.8, 4) is 0 Å². The van der Waals surface area contributed by atoms with E-state index in [1.54, 1.807) is 20.8 Å². The number of hydrogen-bond acceptors (Lipinski definition) is 3. The summed E-state index contributed by atoms with van der Waals surface area (Å²) in [5, 5.41) is 28.1. The lowest BCUT2D eigenvalue weighted by atomic mass is 10.0. The van der Waals surface area contributed by atoms with Gasteiger partial charge in [0.25, 0.3) is 0 Å². The van der Waals surface area contributed by atoms with Gasteiger partial charge in [-0.3, -0.25) is 14.4 Å². The SMILES string of the molecule is C/C=C/CCCCCCCCCC[N+](CCC(C)C(=O)O)(CCC(C)C(=O)O)CCC(C)C(=O)O. The minimum atomic E-state index is -0.827. The zero-order valence-corrected chi connectivity index (χ0v) is 22.7. The zero-order valence-electron chi connectivity index (χ0n) is 22.7. The molecule has 0 heterocycles. The van der Waals surface area contributed by atoms with Gasteiger partial charge in [-0.25, -0.2) is 0 Å². The molecule has 0 aromatic carbocycles. The van der Waals surface area contributed by atoms with Crippen molar-refractivity contribution in [3.63, 3.8) is 0 Å². The van der Waals surface area contributed by atoms with E-state index in [1.807, 2.05) is 0 Å². The van der Waals surface area contributed by atoms with Gasteiger partial charge in [0, 0.05) is 19.3 Å². The molecule has 0 spiro atoms. The fourth-order valence-electron chi connectivity index (χ4n) is 4.38. The van der Waals surface area contributed by atoms with Gasteiger partial charge >= 0.3 is 17.9 Å². The number of hydrogen-bond donors (Lipinski definition) is 3. The predicted octanol–water partition coefficient (Wildman–Crippen LogP) is 6.22. The van der Waals surface area contributed by atoms with Crippen LogP contribution in [0.3, 0.4) is 0 Å². The van der Waals surface area contributed by atoms with Gasteiger partial charge < -0.3 is 19.8 Å². The van der Waals surface area contributed by atoms with E-state index in [1.165, 1.54) is 32.1 Å². The van der Waals surface area contributed by atoms with E-state index in [4.69, 9.17) is 0 Å². The Balaban J connectivity index is 4.98. The molecule has 3 N–H and O–H groups in total. The first-order valence-corrected chi connectivity index (χ1v) is 13.7. The summed E-state index contributed by atoms with van der Waals surface area (Å²) in [7, 11) is 0. The van der Waals surface area contributed by atoms with Gasteiger partial charge in [-0.2, -0.15) is 0 Å². The van der Waals surface area contributed by atoms with Crippen LogP contribution in [0.1, 0.15) is 105 Å². The Morgan fingerprint density at radius 1 is 0.600 bits per heavy atom. The summed E-state index contributed by atoms with van der Waals surface area (Å²) in [4.78, 5) is 34.3. The van der Waals surface area contributed by atoms with Crippen LogP contribution >= 0.6 is 0 Å². The zero-order chi connectivity index (χ0) is 26.7. The first kappa shape index (κ1) is 33.1. The van der Waals surface area contributed by atoms with Gasteiger partial charge in [0.15, 0.2) is 0 Å². The Kier molecular flexibility index (Phi) is 18.3. The lowest BCUT2D eigenvalue weighted by molar-refractivity contribution is -0.929. The van der Waals surface area contributed by atoms with Crippen LogP contribution in [0, 0.1) is 17.8 Å². The Bertz CT molecular complexity index is 573. The van der Waals surface area contributed by atoms with Crippen LogP contribution in [-0.2, 0) is 14.4 Å². The smallest absolute Gasteiger partial charge is 0.306 e. The molecule has 0 aromatic heterocycles. The molecule has 0 rings (SSSR count). The highest BCUT2D eigenvalue weighted by molar-refractivity contribution is 5.70. The van der Waals surface area contributed by atoms with E-state index in [0.29, 0.717) is 43.4 Å². The molecule has 35 heavy (non-hydrogen) atoms. The molecule has 7 heteroatoms. The van der Waals surface area contributed by atoms with E-state index in [0.717, 1.165) is 32.2 Å². The molecule has 0 aliphatic heterocycles. The summed E-state index contributed by atoms with van der Waals surface area (Å²) >= 11 is 0. The van der Waals surface area contributed by atoms with Gasteiger partial charge in [-0.05, 0) is 32.6 Å². The van der Waals surface area contributed by atoms with Crippen LogP contribution in [-0.4, -0.2) is 63.9 Å². The molecule has 0 aromatic rings. The van der Waals surface area contributed by atoms with Crippen molar-refractivity contribution in [1.82, 2.24) is 0 Å². The second-order valence-corrected chi connectivity index (χ2v) is 10.5. The number of rotatable bonds is 23. The summed E-state index contributed by atoms with van der Waals surface area (Å²) < 4.78 is 0.609. The molecule has 7 nitrogen and oxygen atoms in total. The molecule has 0 fully saturated rings. The van der Waals surface area contributed by atoms with Crippen LogP contribution in [0.15, 0.2) is 12.2 Å². The van der Waals surface area contributed by atoms with Gasteiger partial charge in [-0.15, -0.1) is 0 Å². The summed E-state index contributed by atoms with van der Waals surface area (Å²) in [5.74, 6) is -3.91. The average Bonchev–Trinajstić information content (AvgIpc) is 2.82.